The summed E-state index contributed by atoms with van der Waals surface area (Å²) in [5.74, 6) is 0. The van der Waals surface area contributed by atoms with Crippen molar-refractivity contribution >= 4 is 0 Å². The van der Waals surface area contributed by atoms with Gasteiger partial charge >= 0.3 is 0 Å². The van der Waals surface area contributed by atoms with Crippen LogP contribution in [0, 0.1) is 0 Å². The molecule has 1 aromatic heterocycles. The van der Waals surface area contributed by atoms with Gasteiger partial charge in [0, 0.05) is 12.6 Å². The Bertz CT molecular complexity index is 277. The topological polar surface area (TPSA) is 66.0 Å². The van der Waals surface area contributed by atoms with Crippen molar-refractivity contribution < 1.29 is 4.74 Å². The predicted octanol–water partition coefficient (Wildman–Crippen LogP) is 0.259. The van der Waals surface area contributed by atoms with Gasteiger partial charge in [-0.1, -0.05) is 5.21 Å². The zero-order valence-electron chi connectivity index (χ0n) is 7.68. The van der Waals surface area contributed by atoms with Crippen molar-refractivity contribution in [2.75, 3.05) is 13.2 Å². The van der Waals surface area contributed by atoms with Crippen molar-refractivity contribution in [1.29, 1.82) is 0 Å². The molecule has 1 saturated heterocycles. The van der Waals surface area contributed by atoms with E-state index in [4.69, 9.17) is 10.5 Å². The molecule has 13 heavy (non-hydrogen) atoms. The molecule has 0 amide bonds. The normalized spacial score (nSPS) is 24.9. The highest BCUT2D eigenvalue weighted by atomic mass is 16.5. The third-order valence-electron chi connectivity index (χ3n) is 2.27. The van der Waals surface area contributed by atoms with Crippen LogP contribution in [0.3, 0.4) is 0 Å². The molecule has 2 rings (SSSR count). The van der Waals surface area contributed by atoms with E-state index < -0.39 is 0 Å². The van der Waals surface area contributed by atoms with Crippen LogP contribution in [-0.4, -0.2) is 28.2 Å². The Morgan fingerprint density at radius 2 is 2.62 bits per heavy atom. The maximum absolute atomic E-state index is 5.68. The van der Waals surface area contributed by atoms with E-state index in [9.17, 15) is 0 Å². The van der Waals surface area contributed by atoms with Gasteiger partial charge in [0.25, 0.3) is 0 Å². The highest BCUT2D eigenvalue weighted by Gasteiger charge is 2.19. The highest BCUT2D eigenvalue weighted by molar-refractivity contribution is 4.98. The van der Waals surface area contributed by atoms with Gasteiger partial charge in [0.15, 0.2) is 0 Å². The number of aromatic nitrogens is 3. The number of hydrogen-bond acceptors (Lipinski definition) is 4. The Labute approximate surface area is 76.9 Å². The van der Waals surface area contributed by atoms with Gasteiger partial charge < -0.3 is 10.5 Å². The quantitative estimate of drug-likeness (QED) is 0.712. The van der Waals surface area contributed by atoms with Gasteiger partial charge in [0.1, 0.15) is 0 Å². The minimum Gasteiger partial charge on any atom is -0.379 e. The molecule has 1 aliphatic heterocycles. The lowest BCUT2D eigenvalue weighted by atomic mass is 10.2. The molecule has 2 unspecified atom stereocenters. The Morgan fingerprint density at radius 3 is 3.15 bits per heavy atom. The zero-order chi connectivity index (χ0) is 9.26. The van der Waals surface area contributed by atoms with Gasteiger partial charge in [-0.05, 0) is 13.3 Å². The maximum Gasteiger partial charge on any atom is 0.0991 e. The summed E-state index contributed by atoms with van der Waals surface area (Å²) >= 11 is 0. The van der Waals surface area contributed by atoms with Crippen molar-refractivity contribution in [2.45, 2.75) is 25.4 Å². The van der Waals surface area contributed by atoms with E-state index >= 15 is 0 Å². The van der Waals surface area contributed by atoms with Crippen molar-refractivity contribution in [3.63, 3.8) is 0 Å². The summed E-state index contributed by atoms with van der Waals surface area (Å²) in [7, 11) is 0. The molecule has 5 nitrogen and oxygen atoms in total. The van der Waals surface area contributed by atoms with Crippen LogP contribution in [0.4, 0.5) is 0 Å². The van der Waals surface area contributed by atoms with Crippen LogP contribution in [0.1, 0.15) is 31.1 Å². The molecule has 2 N–H and O–H groups in total. The third kappa shape index (κ3) is 1.71. The van der Waals surface area contributed by atoms with Crippen molar-refractivity contribution in [3.8, 4) is 0 Å². The van der Waals surface area contributed by atoms with Crippen LogP contribution < -0.4 is 5.73 Å². The second-order valence-corrected chi connectivity index (χ2v) is 3.43. The molecular weight excluding hydrogens is 168 g/mol. The maximum atomic E-state index is 5.68. The Balaban J connectivity index is 2.12. The smallest absolute Gasteiger partial charge is 0.0991 e. The molecule has 0 bridgehead atoms. The second-order valence-electron chi connectivity index (χ2n) is 3.43. The fourth-order valence-electron chi connectivity index (χ4n) is 1.41. The Hall–Kier alpha value is -0.940. The third-order valence-corrected chi connectivity index (χ3v) is 2.27. The van der Waals surface area contributed by atoms with Crippen molar-refractivity contribution in [2.24, 2.45) is 5.73 Å². The standard InChI is InChI=1S/C8H14N4O/c1-6(9)8-4-12(11-10-8)7-2-3-13-5-7/h4,6-7H,2-3,5,9H2,1H3. The number of nitrogens with two attached hydrogens (primary N) is 1. The predicted molar refractivity (Wildman–Crippen MR) is 47.1 cm³/mol. The lowest BCUT2D eigenvalue weighted by Crippen LogP contribution is -2.09. The molecule has 2 atom stereocenters. The molecule has 2 heterocycles. The van der Waals surface area contributed by atoms with Crippen LogP contribution in [-0.2, 0) is 4.74 Å². The zero-order valence-corrected chi connectivity index (χ0v) is 7.68. The monoisotopic (exact) mass is 182 g/mol. The van der Waals surface area contributed by atoms with E-state index in [0.29, 0.717) is 6.04 Å². The first kappa shape index (κ1) is 8.65. The average Bonchev–Trinajstić information content (AvgIpc) is 2.75. The fraction of sp³-hybridized carbons (Fsp3) is 0.750. The first-order valence-corrected chi connectivity index (χ1v) is 4.52. The molecule has 5 heteroatoms. The van der Waals surface area contributed by atoms with Crippen LogP contribution in [0.15, 0.2) is 6.20 Å². The molecule has 0 aliphatic carbocycles. The van der Waals surface area contributed by atoms with E-state index in [-0.39, 0.29) is 6.04 Å². The van der Waals surface area contributed by atoms with Gasteiger partial charge in [0.05, 0.1) is 24.5 Å². The van der Waals surface area contributed by atoms with Crippen LogP contribution in [0.2, 0.25) is 0 Å². The molecule has 1 aliphatic rings. The summed E-state index contributed by atoms with van der Waals surface area (Å²) in [6.45, 7) is 3.46. The number of rotatable bonds is 2. The summed E-state index contributed by atoms with van der Waals surface area (Å²) in [6, 6.07) is 0.302. The first-order chi connectivity index (χ1) is 6.27. The fourth-order valence-corrected chi connectivity index (χ4v) is 1.41. The second kappa shape index (κ2) is 3.43. The number of nitrogens with zero attached hydrogens (tertiary/aromatic N) is 3. The summed E-state index contributed by atoms with van der Waals surface area (Å²) < 4.78 is 7.11. The van der Waals surface area contributed by atoms with Crippen molar-refractivity contribution in [1.82, 2.24) is 15.0 Å². The lowest BCUT2D eigenvalue weighted by Gasteiger charge is -2.05. The Kier molecular flexibility index (Phi) is 2.28. The van der Waals surface area contributed by atoms with E-state index in [1.165, 1.54) is 0 Å². The molecule has 1 fully saturated rings. The first-order valence-electron chi connectivity index (χ1n) is 4.52. The summed E-state index contributed by atoms with van der Waals surface area (Å²) in [5.41, 5.74) is 6.52. The van der Waals surface area contributed by atoms with Gasteiger partial charge in [-0.2, -0.15) is 0 Å². The minimum atomic E-state index is -0.0453. The Morgan fingerprint density at radius 1 is 1.77 bits per heavy atom. The largest absolute Gasteiger partial charge is 0.379 e. The molecule has 0 aromatic carbocycles. The van der Waals surface area contributed by atoms with Gasteiger partial charge in [-0.3, -0.25) is 0 Å². The van der Waals surface area contributed by atoms with Crippen LogP contribution >= 0.6 is 0 Å². The van der Waals surface area contributed by atoms with Gasteiger partial charge in [-0.15, -0.1) is 5.10 Å². The van der Waals surface area contributed by atoms with E-state index in [2.05, 4.69) is 10.3 Å². The molecule has 0 radical (unpaired) electrons. The summed E-state index contributed by atoms with van der Waals surface area (Å²) in [6.07, 6.45) is 2.92. The average molecular weight is 182 g/mol. The number of ether oxygens (including phenoxy) is 1. The summed E-state index contributed by atoms with van der Waals surface area (Å²) in [5, 5.41) is 8.02. The molecular formula is C8H14N4O. The number of hydrogen-bond donors (Lipinski definition) is 1. The minimum absolute atomic E-state index is 0.0453. The van der Waals surface area contributed by atoms with Crippen molar-refractivity contribution in [3.05, 3.63) is 11.9 Å². The lowest BCUT2D eigenvalue weighted by molar-refractivity contribution is 0.184. The van der Waals surface area contributed by atoms with E-state index in [0.717, 1.165) is 25.3 Å². The molecule has 72 valence electrons. The van der Waals surface area contributed by atoms with Gasteiger partial charge in [0.2, 0.25) is 0 Å². The highest BCUT2D eigenvalue weighted by Crippen LogP contribution is 2.18. The van der Waals surface area contributed by atoms with E-state index in [1.54, 1.807) is 0 Å². The molecule has 0 spiro atoms. The SMILES string of the molecule is CC(N)c1cn(C2CCOC2)nn1. The summed E-state index contributed by atoms with van der Waals surface area (Å²) in [4.78, 5) is 0. The van der Waals surface area contributed by atoms with Crippen LogP contribution in [0.25, 0.3) is 0 Å². The van der Waals surface area contributed by atoms with Crippen LogP contribution in [0.5, 0.6) is 0 Å². The van der Waals surface area contributed by atoms with Gasteiger partial charge in [-0.25, -0.2) is 4.68 Å². The van der Waals surface area contributed by atoms with E-state index in [1.807, 2.05) is 17.8 Å². The molecule has 0 saturated carbocycles. The molecule has 1 aromatic rings.